The van der Waals surface area contributed by atoms with Gasteiger partial charge in [-0.15, -0.1) is 0 Å². The van der Waals surface area contributed by atoms with Crippen LogP contribution in [0.3, 0.4) is 0 Å². The number of benzene rings is 2. The van der Waals surface area contributed by atoms with Crippen molar-refractivity contribution < 1.29 is 0 Å². The van der Waals surface area contributed by atoms with Crippen molar-refractivity contribution in [3.63, 3.8) is 0 Å². The molecular weight excluding hydrogens is 244 g/mol. The highest BCUT2D eigenvalue weighted by Crippen LogP contribution is 2.23. The third kappa shape index (κ3) is 2.56. The molecule has 100 valence electrons. The second kappa shape index (κ2) is 5.43. The Labute approximate surface area is 119 Å². The topological polar surface area (TPSA) is 38.9 Å². The van der Waals surface area contributed by atoms with Crippen LogP contribution in [0.4, 0.5) is 0 Å². The molecule has 1 aromatic heterocycles. The molecule has 3 aromatic rings. The summed E-state index contributed by atoms with van der Waals surface area (Å²) in [6.45, 7) is 2.04. The zero-order valence-electron chi connectivity index (χ0n) is 11.6. The van der Waals surface area contributed by atoms with Gasteiger partial charge in [0, 0.05) is 18.4 Å². The lowest BCUT2D eigenvalue weighted by atomic mass is 9.96. The summed E-state index contributed by atoms with van der Waals surface area (Å²) in [4.78, 5) is 4.23. The van der Waals surface area contributed by atoms with Gasteiger partial charge in [-0.3, -0.25) is 4.98 Å². The van der Waals surface area contributed by atoms with Crippen LogP contribution in [0.15, 0.2) is 60.9 Å². The summed E-state index contributed by atoms with van der Waals surface area (Å²) in [5, 5.41) is 2.55. The van der Waals surface area contributed by atoms with E-state index in [4.69, 9.17) is 5.73 Å². The smallest absolute Gasteiger partial charge is 0.0351 e. The number of aromatic nitrogens is 1. The number of hydrogen-bond donors (Lipinski definition) is 1. The van der Waals surface area contributed by atoms with Crippen LogP contribution in [0.5, 0.6) is 0 Å². The van der Waals surface area contributed by atoms with Crippen LogP contribution in [-0.4, -0.2) is 4.98 Å². The van der Waals surface area contributed by atoms with Gasteiger partial charge in [0.05, 0.1) is 0 Å². The summed E-state index contributed by atoms with van der Waals surface area (Å²) in [6.07, 6.45) is 4.55. The van der Waals surface area contributed by atoms with Crippen LogP contribution in [-0.2, 0) is 6.42 Å². The molecule has 0 spiro atoms. The quantitative estimate of drug-likeness (QED) is 0.780. The van der Waals surface area contributed by atoms with Crippen molar-refractivity contribution in [3.05, 3.63) is 77.6 Å². The SMILES string of the molecule is Cc1cncc(C(N)Cc2cccc3ccccc23)c1. The Morgan fingerprint density at radius 1 is 1.05 bits per heavy atom. The number of aryl methyl sites for hydroxylation is 1. The van der Waals surface area contributed by atoms with Crippen LogP contribution in [0.2, 0.25) is 0 Å². The van der Waals surface area contributed by atoms with Gasteiger partial charge in [0.25, 0.3) is 0 Å². The minimum Gasteiger partial charge on any atom is -0.324 e. The first kappa shape index (κ1) is 12.8. The molecule has 0 radical (unpaired) electrons. The Balaban J connectivity index is 1.93. The van der Waals surface area contributed by atoms with Crippen molar-refractivity contribution in [1.82, 2.24) is 4.98 Å². The lowest BCUT2D eigenvalue weighted by Crippen LogP contribution is -2.14. The van der Waals surface area contributed by atoms with Gasteiger partial charge in [-0.1, -0.05) is 48.5 Å². The maximum Gasteiger partial charge on any atom is 0.0351 e. The first-order valence-electron chi connectivity index (χ1n) is 6.88. The van der Waals surface area contributed by atoms with Gasteiger partial charge in [-0.25, -0.2) is 0 Å². The molecule has 0 saturated heterocycles. The van der Waals surface area contributed by atoms with E-state index in [-0.39, 0.29) is 6.04 Å². The van der Waals surface area contributed by atoms with Crippen molar-refractivity contribution in [1.29, 1.82) is 0 Å². The molecule has 1 unspecified atom stereocenters. The molecular formula is C18H18N2. The Bertz CT molecular complexity index is 729. The summed E-state index contributed by atoms with van der Waals surface area (Å²) in [6, 6.07) is 16.9. The molecule has 1 atom stereocenters. The van der Waals surface area contributed by atoms with Gasteiger partial charge in [0.2, 0.25) is 0 Å². The van der Waals surface area contributed by atoms with E-state index in [0.29, 0.717) is 0 Å². The highest BCUT2D eigenvalue weighted by Gasteiger charge is 2.09. The zero-order valence-corrected chi connectivity index (χ0v) is 11.6. The Morgan fingerprint density at radius 3 is 2.70 bits per heavy atom. The number of fused-ring (bicyclic) bond motifs is 1. The zero-order chi connectivity index (χ0) is 13.9. The number of hydrogen-bond acceptors (Lipinski definition) is 2. The van der Waals surface area contributed by atoms with Gasteiger partial charge < -0.3 is 5.73 Å². The lowest BCUT2D eigenvalue weighted by molar-refractivity contribution is 0.720. The molecule has 2 N–H and O–H groups in total. The van der Waals surface area contributed by atoms with Crippen LogP contribution in [0, 0.1) is 6.92 Å². The predicted molar refractivity (Wildman–Crippen MR) is 83.6 cm³/mol. The second-order valence-corrected chi connectivity index (χ2v) is 5.24. The Kier molecular flexibility index (Phi) is 3.48. The van der Waals surface area contributed by atoms with E-state index < -0.39 is 0 Å². The molecule has 0 aliphatic carbocycles. The molecule has 2 nitrogen and oxygen atoms in total. The number of nitrogens with two attached hydrogens (primary N) is 1. The maximum atomic E-state index is 6.35. The average molecular weight is 262 g/mol. The third-order valence-corrected chi connectivity index (χ3v) is 3.64. The van der Waals surface area contributed by atoms with E-state index in [2.05, 4.69) is 53.5 Å². The molecule has 0 aliphatic rings. The van der Waals surface area contributed by atoms with Crippen molar-refractivity contribution in [2.24, 2.45) is 5.73 Å². The average Bonchev–Trinajstić information content (AvgIpc) is 2.47. The molecule has 2 aromatic carbocycles. The molecule has 2 heteroatoms. The van der Waals surface area contributed by atoms with Gasteiger partial charge in [0.1, 0.15) is 0 Å². The van der Waals surface area contributed by atoms with Crippen molar-refractivity contribution in [3.8, 4) is 0 Å². The minimum atomic E-state index is -0.0202. The molecule has 0 fully saturated rings. The van der Waals surface area contributed by atoms with Crippen LogP contribution < -0.4 is 5.73 Å². The predicted octanol–water partition coefficient (Wildman–Crippen LogP) is 3.79. The van der Waals surface area contributed by atoms with Crippen molar-refractivity contribution in [2.75, 3.05) is 0 Å². The first-order valence-corrected chi connectivity index (χ1v) is 6.88. The number of rotatable bonds is 3. The number of nitrogens with zero attached hydrogens (tertiary/aromatic N) is 1. The third-order valence-electron chi connectivity index (χ3n) is 3.64. The van der Waals surface area contributed by atoms with Gasteiger partial charge in [-0.05, 0) is 40.8 Å². The highest BCUT2D eigenvalue weighted by molar-refractivity contribution is 5.85. The molecule has 0 bridgehead atoms. The molecule has 0 amide bonds. The largest absolute Gasteiger partial charge is 0.324 e. The fourth-order valence-corrected chi connectivity index (χ4v) is 2.61. The monoisotopic (exact) mass is 262 g/mol. The lowest BCUT2D eigenvalue weighted by Gasteiger charge is -2.14. The standard InChI is InChI=1S/C18H18N2/c1-13-9-16(12-20-11-13)18(19)10-15-7-4-6-14-5-2-3-8-17(14)15/h2-9,11-12,18H,10,19H2,1H3. The molecule has 1 heterocycles. The highest BCUT2D eigenvalue weighted by atomic mass is 14.7. The van der Waals surface area contributed by atoms with Gasteiger partial charge in [0.15, 0.2) is 0 Å². The minimum absolute atomic E-state index is 0.0202. The molecule has 20 heavy (non-hydrogen) atoms. The van der Waals surface area contributed by atoms with Crippen molar-refractivity contribution in [2.45, 2.75) is 19.4 Å². The Morgan fingerprint density at radius 2 is 1.85 bits per heavy atom. The van der Waals surface area contributed by atoms with E-state index in [1.807, 2.05) is 19.3 Å². The summed E-state index contributed by atoms with van der Waals surface area (Å²) in [7, 11) is 0. The molecule has 0 aliphatic heterocycles. The summed E-state index contributed by atoms with van der Waals surface area (Å²) in [5.74, 6) is 0. The first-order chi connectivity index (χ1) is 9.74. The fraction of sp³-hybridized carbons (Fsp3) is 0.167. The van der Waals surface area contributed by atoms with E-state index in [0.717, 1.165) is 17.5 Å². The van der Waals surface area contributed by atoms with Crippen LogP contribution in [0.25, 0.3) is 10.8 Å². The maximum absolute atomic E-state index is 6.35. The summed E-state index contributed by atoms with van der Waals surface area (Å²) in [5.41, 5.74) is 9.88. The normalized spacial score (nSPS) is 12.5. The molecule has 0 saturated carbocycles. The summed E-state index contributed by atoms with van der Waals surface area (Å²) < 4.78 is 0. The van der Waals surface area contributed by atoms with Gasteiger partial charge in [-0.2, -0.15) is 0 Å². The van der Waals surface area contributed by atoms with E-state index in [9.17, 15) is 0 Å². The van der Waals surface area contributed by atoms with E-state index >= 15 is 0 Å². The second-order valence-electron chi connectivity index (χ2n) is 5.24. The number of pyridine rings is 1. The summed E-state index contributed by atoms with van der Waals surface area (Å²) >= 11 is 0. The van der Waals surface area contributed by atoms with Crippen LogP contribution >= 0.6 is 0 Å². The van der Waals surface area contributed by atoms with Crippen molar-refractivity contribution >= 4 is 10.8 Å². The van der Waals surface area contributed by atoms with Crippen LogP contribution in [0.1, 0.15) is 22.7 Å². The fourth-order valence-electron chi connectivity index (χ4n) is 2.61. The van der Waals surface area contributed by atoms with E-state index in [1.165, 1.54) is 16.3 Å². The van der Waals surface area contributed by atoms with E-state index in [1.54, 1.807) is 0 Å². The van der Waals surface area contributed by atoms with Gasteiger partial charge >= 0.3 is 0 Å². The Hall–Kier alpha value is -2.19. The molecule has 3 rings (SSSR count).